The largest absolute Gasteiger partial charge is 0.497 e. The molecule has 0 radical (unpaired) electrons. The fraction of sp³-hybridized carbons (Fsp3) is 0.500. The third-order valence-corrected chi connectivity index (χ3v) is 8.84. The van der Waals surface area contributed by atoms with E-state index in [0.29, 0.717) is 6.20 Å². The molecule has 1 N–H and O–H groups in total. The lowest BCUT2D eigenvalue weighted by Gasteiger charge is -2.32. The summed E-state index contributed by atoms with van der Waals surface area (Å²) in [5.41, 5.74) is 0.122. The van der Waals surface area contributed by atoms with Crippen LogP contribution in [0.5, 0.6) is 5.75 Å². The van der Waals surface area contributed by atoms with Gasteiger partial charge in [0.2, 0.25) is 11.8 Å². The van der Waals surface area contributed by atoms with Gasteiger partial charge in [-0.2, -0.15) is 18.2 Å². The second-order valence-electron chi connectivity index (χ2n) is 10.3. The van der Waals surface area contributed by atoms with Crippen LogP contribution in [0.4, 0.5) is 19.0 Å². The van der Waals surface area contributed by atoms with Crippen LogP contribution >= 0.6 is 11.6 Å². The molecule has 2 aliphatic carbocycles. The van der Waals surface area contributed by atoms with Gasteiger partial charge >= 0.3 is 6.18 Å². The molecule has 2 bridgehead atoms. The highest BCUT2D eigenvalue weighted by Crippen LogP contribution is 2.65. The van der Waals surface area contributed by atoms with Gasteiger partial charge in [-0.05, 0) is 36.1 Å². The fourth-order valence-corrected chi connectivity index (χ4v) is 7.30. The SMILES string of the molecule is COc1ccc([C@@H]2[C@@H]3[C@H]4C[C@@H]([C@@H]3ON2C)[C@@H]2C(=O)N(CCNc3ncc(C(F)(F)F)cc3Cl)C(=O)[C@@H]42)cc1. The highest BCUT2D eigenvalue weighted by molar-refractivity contribution is 6.33. The maximum absolute atomic E-state index is 13.5. The van der Waals surface area contributed by atoms with E-state index in [1.54, 1.807) is 7.11 Å². The van der Waals surface area contributed by atoms with E-state index in [9.17, 15) is 22.8 Å². The standard InChI is InChI=1S/C26H26ClF3N4O4/c1-33-21(12-3-5-14(37-2)6-4-12)20-15-10-16(22(20)38-33)19-18(15)24(35)34(25(19)36)8-7-31-23-17(27)9-13(11-32-23)26(28,29)30/h3-6,9,11,15-16,18-22H,7-8,10H2,1-2H3,(H,31,32)/t15-,16+,18-,19-,20-,21+,22-/m0/s1. The average molecular weight is 551 g/mol. The molecule has 38 heavy (non-hydrogen) atoms. The molecule has 2 aromatic rings. The van der Waals surface area contributed by atoms with E-state index in [1.165, 1.54) is 4.90 Å². The molecule has 2 amide bonds. The summed E-state index contributed by atoms with van der Waals surface area (Å²) >= 11 is 5.96. The van der Waals surface area contributed by atoms with Crippen LogP contribution in [-0.2, 0) is 20.6 Å². The second-order valence-corrected chi connectivity index (χ2v) is 10.7. The summed E-state index contributed by atoms with van der Waals surface area (Å²) in [6.45, 7) is 0.187. The predicted octanol–water partition coefficient (Wildman–Crippen LogP) is 4.03. The Kier molecular flexibility index (Phi) is 6.08. The Morgan fingerprint density at radius 3 is 2.47 bits per heavy atom. The highest BCUT2D eigenvalue weighted by atomic mass is 35.5. The van der Waals surface area contributed by atoms with Crippen molar-refractivity contribution in [1.29, 1.82) is 0 Å². The number of hydrogen-bond donors (Lipinski definition) is 1. The number of pyridine rings is 1. The molecule has 6 rings (SSSR count). The Labute approximate surface area is 222 Å². The van der Waals surface area contributed by atoms with E-state index in [1.807, 2.05) is 36.4 Å². The number of nitrogens with one attached hydrogen (secondary N) is 1. The molecular formula is C26H26ClF3N4O4. The second kappa shape index (κ2) is 9.10. The number of carbonyl (C=O) groups excluding carboxylic acids is 2. The summed E-state index contributed by atoms with van der Waals surface area (Å²) in [7, 11) is 3.51. The van der Waals surface area contributed by atoms with Gasteiger partial charge in [-0.1, -0.05) is 23.7 Å². The van der Waals surface area contributed by atoms with Crippen LogP contribution in [0, 0.1) is 29.6 Å². The zero-order chi connectivity index (χ0) is 26.9. The van der Waals surface area contributed by atoms with Crippen molar-refractivity contribution in [2.75, 3.05) is 32.6 Å². The minimum atomic E-state index is -4.55. The lowest BCUT2D eigenvalue weighted by Crippen LogP contribution is -2.39. The van der Waals surface area contributed by atoms with Gasteiger partial charge in [0.1, 0.15) is 11.6 Å². The average Bonchev–Trinajstić information content (AvgIpc) is 3.59. The lowest BCUT2D eigenvalue weighted by atomic mass is 9.70. The smallest absolute Gasteiger partial charge is 0.417 e. The van der Waals surface area contributed by atoms with E-state index >= 15 is 0 Å². The summed E-state index contributed by atoms with van der Waals surface area (Å²) in [5.74, 6) is -0.318. The molecule has 4 aliphatic rings. The molecule has 1 aromatic heterocycles. The number of carbonyl (C=O) groups is 2. The van der Waals surface area contributed by atoms with Crippen LogP contribution in [0.1, 0.15) is 23.6 Å². The van der Waals surface area contributed by atoms with E-state index < -0.39 is 23.6 Å². The maximum Gasteiger partial charge on any atom is 0.417 e. The summed E-state index contributed by atoms with van der Waals surface area (Å²) in [5, 5.41) is 4.52. The van der Waals surface area contributed by atoms with Crippen LogP contribution < -0.4 is 10.1 Å². The zero-order valence-electron chi connectivity index (χ0n) is 20.6. The number of halogens is 4. The fourth-order valence-electron chi connectivity index (χ4n) is 7.07. The van der Waals surface area contributed by atoms with Crippen LogP contribution in [0.15, 0.2) is 36.5 Å². The van der Waals surface area contributed by atoms with Gasteiger partial charge in [-0.3, -0.25) is 19.3 Å². The number of fused-ring (bicyclic) bond motifs is 8. The molecule has 0 spiro atoms. The minimum Gasteiger partial charge on any atom is -0.497 e. The molecule has 7 atom stereocenters. The highest BCUT2D eigenvalue weighted by Gasteiger charge is 2.71. The number of anilines is 1. The first-order valence-corrected chi connectivity index (χ1v) is 12.8. The molecule has 8 nitrogen and oxygen atoms in total. The van der Waals surface area contributed by atoms with Crippen LogP contribution in [0.3, 0.4) is 0 Å². The van der Waals surface area contributed by atoms with Crippen molar-refractivity contribution in [2.24, 2.45) is 29.6 Å². The number of benzene rings is 1. The Morgan fingerprint density at radius 2 is 1.84 bits per heavy atom. The predicted molar refractivity (Wildman–Crippen MR) is 130 cm³/mol. The van der Waals surface area contributed by atoms with Crippen LogP contribution in [0.2, 0.25) is 5.02 Å². The van der Waals surface area contributed by atoms with Gasteiger partial charge in [-0.15, -0.1) is 0 Å². The molecule has 3 heterocycles. The number of alkyl halides is 3. The number of amides is 2. The van der Waals surface area contributed by atoms with Crippen molar-refractivity contribution in [1.82, 2.24) is 14.9 Å². The number of hydrogen-bond acceptors (Lipinski definition) is 7. The molecule has 2 saturated heterocycles. The molecule has 1 aromatic carbocycles. The van der Waals surface area contributed by atoms with Gasteiger partial charge < -0.3 is 10.1 Å². The molecule has 2 aliphatic heterocycles. The number of methoxy groups -OCH3 is 1. The van der Waals surface area contributed by atoms with Gasteiger partial charge in [0.25, 0.3) is 0 Å². The van der Waals surface area contributed by atoms with E-state index in [0.717, 1.165) is 23.8 Å². The Bertz CT molecular complexity index is 1280. The molecular weight excluding hydrogens is 525 g/mol. The summed E-state index contributed by atoms with van der Waals surface area (Å²) in [4.78, 5) is 38.1. The molecule has 0 unspecified atom stereocenters. The first-order chi connectivity index (χ1) is 18.1. The number of rotatable bonds is 6. The first kappa shape index (κ1) is 25.4. The van der Waals surface area contributed by atoms with Gasteiger partial charge in [0, 0.05) is 38.2 Å². The molecule has 4 fully saturated rings. The van der Waals surface area contributed by atoms with E-state index in [-0.39, 0.29) is 65.6 Å². The van der Waals surface area contributed by atoms with Crippen LogP contribution in [-0.4, -0.2) is 60.1 Å². The monoisotopic (exact) mass is 550 g/mol. The van der Waals surface area contributed by atoms with Crippen molar-refractivity contribution in [3.63, 3.8) is 0 Å². The van der Waals surface area contributed by atoms with E-state index in [4.69, 9.17) is 21.2 Å². The Hall–Kier alpha value is -2.89. The number of likely N-dealkylation sites (tertiary alicyclic amines) is 1. The van der Waals surface area contributed by atoms with Crippen molar-refractivity contribution in [3.8, 4) is 5.75 Å². The number of imide groups is 1. The third-order valence-electron chi connectivity index (χ3n) is 8.55. The minimum absolute atomic E-state index is 0.0208. The normalized spacial score (nSPS) is 32.2. The van der Waals surface area contributed by atoms with Crippen LogP contribution in [0.25, 0.3) is 0 Å². The van der Waals surface area contributed by atoms with Gasteiger partial charge in [-0.25, -0.2) is 4.98 Å². The van der Waals surface area contributed by atoms with E-state index in [2.05, 4.69) is 10.3 Å². The topological polar surface area (TPSA) is 84.0 Å². The Balaban J connectivity index is 1.15. The third kappa shape index (κ3) is 3.85. The quantitative estimate of drug-likeness (QED) is 0.544. The molecule has 12 heteroatoms. The van der Waals surface area contributed by atoms with Crippen molar-refractivity contribution >= 4 is 29.2 Å². The molecule has 2 saturated carbocycles. The number of ether oxygens (including phenoxy) is 1. The van der Waals surface area contributed by atoms with Crippen molar-refractivity contribution in [3.05, 3.63) is 52.7 Å². The number of nitrogens with zero attached hydrogens (tertiary/aromatic N) is 3. The number of aromatic nitrogens is 1. The van der Waals surface area contributed by atoms with Gasteiger partial charge in [0.05, 0.1) is 41.7 Å². The maximum atomic E-state index is 13.5. The molecule has 202 valence electrons. The lowest BCUT2D eigenvalue weighted by molar-refractivity contribution is -0.164. The van der Waals surface area contributed by atoms with Gasteiger partial charge in [0.15, 0.2) is 0 Å². The van der Waals surface area contributed by atoms with Crippen molar-refractivity contribution in [2.45, 2.75) is 24.7 Å². The Morgan fingerprint density at radius 1 is 1.16 bits per heavy atom. The summed E-state index contributed by atoms with van der Waals surface area (Å²) in [6, 6.07) is 8.59. The first-order valence-electron chi connectivity index (χ1n) is 12.5. The summed E-state index contributed by atoms with van der Waals surface area (Å²) in [6.07, 6.45) is -3.22. The number of hydroxylamine groups is 2. The van der Waals surface area contributed by atoms with Crippen molar-refractivity contribution < 1.29 is 32.3 Å². The zero-order valence-corrected chi connectivity index (χ0v) is 21.4. The summed E-state index contributed by atoms with van der Waals surface area (Å²) < 4.78 is 43.9.